The first-order chi connectivity index (χ1) is 6.75. The monoisotopic (exact) mass is 198 g/mol. The average molecular weight is 198 g/mol. The lowest BCUT2D eigenvalue weighted by molar-refractivity contribution is 0.00283. The molecule has 3 heteroatoms. The molecule has 0 saturated heterocycles. The molecule has 0 aromatic heterocycles. The molecule has 0 radical (unpaired) electrons. The van der Waals surface area contributed by atoms with E-state index in [9.17, 15) is 4.79 Å². The fraction of sp³-hybridized carbons (Fsp3) is 0.909. The van der Waals surface area contributed by atoms with Crippen LogP contribution in [-0.2, 0) is 4.74 Å². The van der Waals surface area contributed by atoms with Crippen molar-refractivity contribution in [3.8, 4) is 0 Å². The molecule has 0 amide bonds. The highest BCUT2D eigenvalue weighted by molar-refractivity contribution is 5.57. The van der Waals surface area contributed by atoms with Crippen molar-refractivity contribution in [1.29, 1.82) is 0 Å². The van der Waals surface area contributed by atoms with Crippen molar-refractivity contribution in [3.05, 3.63) is 0 Å². The minimum Gasteiger partial charge on any atom is -0.450 e. The molecule has 3 nitrogen and oxygen atoms in total. The summed E-state index contributed by atoms with van der Waals surface area (Å²) in [4.78, 5) is 10.4. The molecule has 2 rings (SSSR count). The van der Waals surface area contributed by atoms with Crippen molar-refractivity contribution in [2.45, 2.75) is 51.0 Å². The van der Waals surface area contributed by atoms with Crippen LogP contribution in [0, 0.1) is 11.8 Å². The molecule has 0 spiro atoms. The van der Waals surface area contributed by atoms with Crippen molar-refractivity contribution in [1.82, 2.24) is 0 Å². The quantitative estimate of drug-likeness (QED) is 0.659. The molecule has 0 bridgehead atoms. The van der Waals surface area contributed by atoms with Gasteiger partial charge in [-0.2, -0.15) is 0 Å². The van der Waals surface area contributed by atoms with Crippen LogP contribution < -0.4 is 0 Å². The van der Waals surface area contributed by atoms with Gasteiger partial charge in [0, 0.05) is 0 Å². The van der Waals surface area contributed by atoms with E-state index in [1.165, 1.54) is 32.1 Å². The minimum atomic E-state index is -1.11. The van der Waals surface area contributed by atoms with Crippen LogP contribution >= 0.6 is 0 Å². The molecule has 0 aromatic rings. The molecule has 80 valence electrons. The lowest BCUT2D eigenvalue weighted by Crippen LogP contribution is -2.32. The lowest BCUT2D eigenvalue weighted by Gasteiger charge is -2.38. The largest absolute Gasteiger partial charge is 0.506 e. The Morgan fingerprint density at radius 1 is 1.07 bits per heavy atom. The van der Waals surface area contributed by atoms with E-state index in [2.05, 4.69) is 0 Å². The van der Waals surface area contributed by atoms with Gasteiger partial charge in [0.2, 0.25) is 0 Å². The van der Waals surface area contributed by atoms with Crippen LogP contribution in [-0.4, -0.2) is 17.4 Å². The number of hydrogen-bond acceptors (Lipinski definition) is 2. The number of fused-ring (bicyclic) bond motifs is 1. The lowest BCUT2D eigenvalue weighted by atomic mass is 9.70. The molecule has 0 heterocycles. The van der Waals surface area contributed by atoms with Crippen LogP contribution in [0.25, 0.3) is 0 Å². The maximum absolute atomic E-state index is 10.4. The number of carboxylic acid groups (broad SMARTS) is 1. The SMILES string of the molecule is O=C(O)O[C@@H]1CC[C@@H]2CCCCC2C1. The summed E-state index contributed by atoms with van der Waals surface area (Å²) in [5, 5.41) is 8.54. The molecular weight excluding hydrogens is 180 g/mol. The third-order valence-corrected chi connectivity index (χ3v) is 3.76. The maximum Gasteiger partial charge on any atom is 0.506 e. The summed E-state index contributed by atoms with van der Waals surface area (Å²) in [6.45, 7) is 0. The van der Waals surface area contributed by atoms with E-state index in [1.807, 2.05) is 0 Å². The molecule has 2 aliphatic carbocycles. The topological polar surface area (TPSA) is 46.5 Å². The molecule has 2 fully saturated rings. The first-order valence-electron chi connectivity index (χ1n) is 5.65. The number of carbonyl (C=O) groups is 1. The van der Waals surface area contributed by atoms with E-state index >= 15 is 0 Å². The number of hydrogen-bond donors (Lipinski definition) is 1. The van der Waals surface area contributed by atoms with Crippen molar-refractivity contribution in [2.75, 3.05) is 0 Å². The van der Waals surface area contributed by atoms with Gasteiger partial charge in [0.05, 0.1) is 0 Å². The molecule has 1 unspecified atom stereocenters. The van der Waals surface area contributed by atoms with E-state index < -0.39 is 6.16 Å². The van der Waals surface area contributed by atoms with E-state index in [0.717, 1.165) is 24.7 Å². The predicted octanol–water partition coefficient (Wildman–Crippen LogP) is 3.04. The van der Waals surface area contributed by atoms with E-state index in [0.29, 0.717) is 0 Å². The van der Waals surface area contributed by atoms with E-state index in [-0.39, 0.29) is 6.10 Å². The molecule has 1 N–H and O–H groups in total. The Hall–Kier alpha value is -0.730. The molecule has 0 aromatic carbocycles. The zero-order valence-corrected chi connectivity index (χ0v) is 8.45. The fourth-order valence-electron chi connectivity index (χ4n) is 3.08. The van der Waals surface area contributed by atoms with Gasteiger partial charge in [-0.1, -0.05) is 25.7 Å². The first-order valence-corrected chi connectivity index (χ1v) is 5.65. The Morgan fingerprint density at radius 2 is 1.79 bits per heavy atom. The summed E-state index contributed by atoms with van der Waals surface area (Å²) < 4.78 is 4.86. The summed E-state index contributed by atoms with van der Waals surface area (Å²) in [7, 11) is 0. The van der Waals surface area contributed by atoms with Crippen molar-refractivity contribution in [3.63, 3.8) is 0 Å². The Labute approximate surface area is 84.4 Å². The third kappa shape index (κ3) is 2.20. The van der Waals surface area contributed by atoms with Gasteiger partial charge in [0.15, 0.2) is 0 Å². The van der Waals surface area contributed by atoms with Crippen molar-refractivity contribution >= 4 is 6.16 Å². The standard InChI is InChI=1S/C11H18O3/c12-11(13)14-10-6-5-8-3-1-2-4-9(8)7-10/h8-10H,1-7H2,(H,12,13)/t8-,9?,10+/m0/s1. The minimum absolute atomic E-state index is 0.0214. The van der Waals surface area contributed by atoms with Gasteiger partial charge in [-0.15, -0.1) is 0 Å². The van der Waals surface area contributed by atoms with E-state index in [1.54, 1.807) is 0 Å². The maximum atomic E-state index is 10.4. The highest BCUT2D eigenvalue weighted by atomic mass is 16.7. The van der Waals surface area contributed by atoms with Crippen LogP contribution in [0.3, 0.4) is 0 Å². The fourth-order valence-corrected chi connectivity index (χ4v) is 3.08. The second-order valence-corrected chi connectivity index (χ2v) is 4.62. The average Bonchev–Trinajstić information content (AvgIpc) is 2.17. The van der Waals surface area contributed by atoms with E-state index in [4.69, 9.17) is 9.84 Å². The van der Waals surface area contributed by atoms with Gasteiger partial charge < -0.3 is 9.84 Å². The number of rotatable bonds is 1. The van der Waals surface area contributed by atoms with Crippen LogP contribution in [0.4, 0.5) is 4.79 Å². The second-order valence-electron chi connectivity index (χ2n) is 4.62. The Kier molecular flexibility index (Phi) is 2.94. The Balaban J connectivity index is 1.86. The van der Waals surface area contributed by atoms with Gasteiger partial charge in [0.25, 0.3) is 0 Å². The zero-order valence-electron chi connectivity index (χ0n) is 8.45. The summed E-state index contributed by atoms with van der Waals surface area (Å²) in [5.74, 6) is 1.60. The molecule has 2 aliphatic rings. The summed E-state index contributed by atoms with van der Waals surface area (Å²) in [6.07, 6.45) is 7.27. The van der Waals surface area contributed by atoms with Crippen LogP contribution in [0.15, 0.2) is 0 Å². The normalized spacial score (nSPS) is 37.3. The van der Waals surface area contributed by atoms with Gasteiger partial charge in [-0.3, -0.25) is 0 Å². The second kappa shape index (κ2) is 4.20. The van der Waals surface area contributed by atoms with Crippen molar-refractivity contribution < 1.29 is 14.6 Å². The summed E-state index contributed by atoms with van der Waals surface area (Å²) in [6, 6.07) is 0. The van der Waals surface area contributed by atoms with Crippen LogP contribution in [0.5, 0.6) is 0 Å². The number of ether oxygens (including phenoxy) is 1. The van der Waals surface area contributed by atoms with Gasteiger partial charge in [-0.25, -0.2) is 4.79 Å². The van der Waals surface area contributed by atoms with Gasteiger partial charge >= 0.3 is 6.16 Å². The highest BCUT2D eigenvalue weighted by Gasteiger charge is 2.33. The van der Waals surface area contributed by atoms with Gasteiger partial charge in [0.1, 0.15) is 6.10 Å². The zero-order chi connectivity index (χ0) is 9.97. The summed E-state index contributed by atoms with van der Waals surface area (Å²) >= 11 is 0. The molecule has 2 saturated carbocycles. The van der Waals surface area contributed by atoms with Crippen LogP contribution in [0.1, 0.15) is 44.9 Å². The summed E-state index contributed by atoms with van der Waals surface area (Å²) in [5.41, 5.74) is 0. The molecular formula is C11H18O3. The third-order valence-electron chi connectivity index (χ3n) is 3.76. The Morgan fingerprint density at radius 3 is 2.50 bits per heavy atom. The Bertz CT molecular complexity index is 215. The molecule has 3 atom stereocenters. The molecule has 0 aliphatic heterocycles. The van der Waals surface area contributed by atoms with Gasteiger partial charge in [-0.05, 0) is 31.1 Å². The van der Waals surface area contributed by atoms with Crippen LogP contribution in [0.2, 0.25) is 0 Å². The molecule has 14 heavy (non-hydrogen) atoms. The first kappa shape index (κ1) is 9.81. The highest BCUT2D eigenvalue weighted by Crippen LogP contribution is 2.41. The van der Waals surface area contributed by atoms with Crippen molar-refractivity contribution in [2.24, 2.45) is 11.8 Å². The predicted molar refractivity (Wildman–Crippen MR) is 52.2 cm³/mol. The smallest absolute Gasteiger partial charge is 0.450 e.